The van der Waals surface area contributed by atoms with Crippen LogP contribution in [0, 0.1) is 0 Å². The van der Waals surface area contributed by atoms with Crippen LogP contribution in [-0.2, 0) is 10.2 Å². The van der Waals surface area contributed by atoms with Crippen LogP contribution in [0.4, 0.5) is 20.4 Å². The average molecular weight is 437 g/mol. The van der Waals surface area contributed by atoms with Crippen LogP contribution in [0.1, 0.15) is 12.0 Å². The minimum atomic E-state index is -0.330. The van der Waals surface area contributed by atoms with E-state index in [2.05, 4.69) is 26.2 Å². The second-order valence-corrected chi connectivity index (χ2v) is 8.25. The minimum absolute atomic E-state index is 0.211. The number of likely N-dealkylation sites (tertiary alicyclic amines) is 1. The molecular weight excluding hydrogens is 420 g/mol. The summed E-state index contributed by atoms with van der Waals surface area (Å²) < 4.78 is 5.82. The highest BCUT2D eigenvalue weighted by Gasteiger charge is 2.50. The van der Waals surface area contributed by atoms with Crippen LogP contribution in [0.3, 0.4) is 0 Å². The molecule has 2 aliphatic heterocycles. The predicted molar refractivity (Wildman–Crippen MR) is 103 cm³/mol. The van der Waals surface area contributed by atoms with Crippen molar-refractivity contribution in [3.63, 3.8) is 0 Å². The largest absolute Gasteiger partial charge is 0.453 e. The maximum Gasteiger partial charge on any atom is 0.409 e. The molecule has 1 atom stereocenters. The fraction of sp³-hybridized carbons (Fsp3) is 0.353. The molecule has 1 saturated heterocycles. The lowest BCUT2D eigenvalue weighted by molar-refractivity contribution is 0.131. The molecular formula is C17H17BrN4O3S. The number of carbonyl (C=O) groups is 2. The number of thiazole rings is 1. The van der Waals surface area contributed by atoms with E-state index < -0.39 is 0 Å². The molecule has 26 heavy (non-hydrogen) atoms. The molecule has 1 fully saturated rings. The average Bonchev–Trinajstić information content (AvgIpc) is 3.35. The van der Waals surface area contributed by atoms with Crippen LogP contribution in [-0.4, -0.2) is 48.8 Å². The monoisotopic (exact) mass is 436 g/mol. The number of nitrogens with zero attached hydrogens (tertiary/aromatic N) is 3. The number of fused-ring (bicyclic) bond motifs is 2. The Hall–Kier alpha value is -2.13. The molecule has 9 heteroatoms. The van der Waals surface area contributed by atoms with Gasteiger partial charge in [-0.05, 0) is 30.2 Å². The van der Waals surface area contributed by atoms with Crippen molar-refractivity contribution in [2.45, 2.75) is 11.8 Å². The quantitative estimate of drug-likeness (QED) is 0.739. The number of rotatable bonds is 1. The number of ether oxygens (including phenoxy) is 1. The minimum Gasteiger partial charge on any atom is -0.453 e. The van der Waals surface area contributed by atoms with E-state index in [0.717, 1.165) is 22.1 Å². The van der Waals surface area contributed by atoms with Gasteiger partial charge in [0, 0.05) is 46.8 Å². The van der Waals surface area contributed by atoms with E-state index in [-0.39, 0.29) is 17.5 Å². The smallest absolute Gasteiger partial charge is 0.409 e. The van der Waals surface area contributed by atoms with Crippen LogP contribution in [0.2, 0.25) is 0 Å². The van der Waals surface area contributed by atoms with E-state index >= 15 is 0 Å². The molecule has 1 aromatic heterocycles. The van der Waals surface area contributed by atoms with Gasteiger partial charge in [0.1, 0.15) is 0 Å². The Morgan fingerprint density at radius 2 is 2.23 bits per heavy atom. The van der Waals surface area contributed by atoms with Gasteiger partial charge in [-0.3, -0.25) is 10.2 Å². The highest BCUT2D eigenvalue weighted by atomic mass is 79.9. The Bertz CT molecular complexity index is 860. The molecule has 1 aromatic carbocycles. The van der Waals surface area contributed by atoms with Gasteiger partial charge in [0.05, 0.1) is 7.11 Å². The summed E-state index contributed by atoms with van der Waals surface area (Å²) in [5.74, 6) is 0. The third kappa shape index (κ3) is 2.84. The Morgan fingerprint density at radius 1 is 1.38 bits per heavy atom. The maximum atomic E-state index is 12.8. The molecule has 4 rings (SSSR count). The van der Waals surface area contributed by atoms with Gasteiger partial charge < -0.3 is 9.64 Å². The van der Waals surface area contributed by atoms with Crippen LogP contribution in [0.5, 0.6) is 0 Å². The normalized spacial score (nSPS) is 21.2. The zero-order valence-electron chi connectivity index (χ0n) is 14.1. The van der Waals surface area contributed by atoms with E-state index in [1.165, 1.54) is 18.4 Å². The molecule has 0 bridgehead atoms. The second-order valence-electron chi connectivity index (χ2n) is 6.44. The molecule has 1 N–H and O–H groups in total. The number of hydrogen-bond donors (Lipinski definition) is 1. The van der Waals surface area contributed by atoms with E-state index in [1.807, 2.05) is 23.6 Å². The summed E-state index contributed by atoms with van der Waals surface area (Å²) in [6, 6.07) is 5.70. The van der Waals surface area contributed by atoms with E-state index in [0.29, 0.717) is 24.8 Å². The zero-order valence-corrected chi connectivity index (χ0v) is 16.5. The Morgan fingerprint density at radius 3 is 2.96 bits per heavy atom. The van der Waals surface area contributed by atoms with Crippen LogP contribution < -0.4 is 10.2 Å². The van der Waals surface area contributed by atoms with Gasteiger partial charge in [0.25, 0.3) is 0 Å². The molecule has 2 aliphatic rings. The van der Waals surface area contributed by atoms with Crippen molar-refractivity contribution in [1.29, 1.82) is 0 Å². The van der Waals surface area contributed by atoms with Gasteiger partial charge in [-0.15, -0.1) is 11.3 Å². The number of anilines is 2. The van der Waals surface area contributed by atoms with Gasteiger partial charge in [0.15, 0.2) is 5.13 Å². The number of halogens is 1. The van der Waals surface area contributed by atoms with Crippen LogP contribution in [0.25, 0.3) is 0 Å². The van der Waals surface area contributed by atoms with Crippen LogP contribution in [0.15, 0.2) is 34.2 Å². The summed E-state index contributed by atoms with van der Waals surface area (Å²) in [7, 11) is 1.39. The van der Waals surface area contributed by atoms with Crippen molar-refractivity contribution in [1.82, 2.24) is 9.88 Å². The summed E-state index contributed by atoms with van der Waals surface area (Å²) in [5.41, 5.74) is 1.66. The number of urea groups is 1. The molecule has 1 unspecified atom stereocenters. The van der Waals surface area contributed by atoms with Gasteiger partial charge in [-0.1, -0.05) is 15.9 Å². The summed E-state index contributed by atoms with van der Waals surface area (Å²) in [5, 5.41) is 5.23. The maximum absolute atomic E-state index is 12.8. The van der Waals surface area contributed by atoms with Crippen molar-refractivity contribution < 1.29 is 14.3 Å². The highest BCUT2D eigenvalue weighted by Crippen LogP contribution is 2.47. The Labute approximate surface area is 163 Å². The van der Waals surface area contributed by atoms with Crippen molar-refractivity contribution in [3.05, 3.63) is 39.8 Å². The molecule has 0 saturated carbocycles. The first-order valence-electron chi connectivity index (χ1n) is 8.13. The topological polar surface area (TPSA) is 74.8 Å². The standard InChI is InChI=1S/C17H17BrN4O3S/c1-25-16(24)21-6-4-17(9-21)10-22(13-3-2-11(18)8-12(13)17)15(23)20-14-19-5-7-26-14/h2-3,5,7-8H,4,6,9-10H2,1H3,(H,19,20,23). The second kappa shape index (κ2) is 6.55. The molecule has 1 spiro atoms. The summed E-state index contributed by atoms with van der Waals surface area (Å²) in [6.07, 6.45) is 2.11. The number of methoxy groups -OCH3 is 1. The predicted octanol–water partition coefficient (Wildman–Crippen LogP) is 3.67. The fourth-order valence-electron chi connectivity index (χ4n) is 3.77. The van der Waals surface area contributed by atoms with Crippen LogP contribution >= 0.6 is 27.3 Å². The molecule has 3 amide bonds. The number of aromatic nitrogens is 1. The Kier molecular flexibility index (Phi) is 4.36. The first kappa shape index (κ1) is 17.3. The molecule has 0 aliphatic carbocycles. The lowest BCUT2D eigenvalue weighted by atomic mass is 9.82. The van der Waals surface area contributed by atoms with Crippen molar-refractivity contribution >= 4 is 50.2 Å². The molecule has 3 heterocycles. The van der Waals surface area contributed by atoms with E-state index in [1.54, 1.807) is 16.0 Å². The lowest BCUT2D eigenvalue weighted by Crippen LogP contribution is -2.41. The van der Waals surface area contributed by atoms with Crippen molar-refractivity contribution in [3.8, 4) is 0 Å². The van der Waals surface area contributed by atoms with Gasteiger partial charge in [-0.2, -0.15) is 0 Å². The molecule has 7 nitrogen and oxygen atoms in total. The van der Waals surface area contributed by atoms with Crippen molar-refractivity contribution in [2.24, 2.45) is 0 Å². The number of amides is 3. The lowest BCUT2D eigenvalue weighted by Gasteiger charge is -2.25. The first-order valence-corrected chi connectivity index (χ1v) is 9.81. The molecule has 2 aromatic rings. The van der Waals surface area contributed by atoms with E-state index in [9.17, 15) is 9.59 Å². The summed E-state index contributed by atoms with van der Waals surface area (Å²) >= 11 is 4.90. The number of benzene rings is 1. The number of hydrogen-bond acceptors (Lipinski definition) is 5. The van der Waals surface area contributed by atoms with Crippen molar-refractivity contribution in [2.75, 3.05) is 37.0 Å². The van der Waals surface area contributed by atoms with Gasteiger partial charge in [-0.25, -0.2) is 14.6 Å². The number of nitrogens with one attached hydrogen (secondary N) is 1. The summed E-state index contributed by atoms with van der Waals surface area (Å²) in [4.78, 5) is 32.3. The van der Waals surface area contributed by atoms with Gasteiger partial charge in [0.2, 0.25) is 0 Å². The zero-order chi connectivity index (χ0) is 18.3. The molecule has 136 valence electrons. The van der Waals surface area contributed by atoms with E-state index in [4.69, 9.17) is 4.74 Å². The van der Waals surface area contributed by atoms with Gasteiger partial charge >= 0.3 is 12.1 Å². The number of carbonyl (C=O) groups excluding carboxylic acids is 2. The fourth-order valence-corrected chi connectivity index (χ4v) is 4.65. The SMILES string of the molecule is COC(=O)N1CCC2(C1)CN(C(=O)Nc1nccs1)c1ccc(Br)cc12. The highest BCUT2D eigenvalue weighted by molar-refractivity contribution is 9.10. The first-order chi connectivity index (χ1) is 12.5. The summed E-state index contributed by atoms with van der Waals surface area (Å²) in [6.45, 7) is 1.66. The Balaban J connectivity index is 1.66. The molecule has 0 radical (unpaired) electrons. The third-order valence-corrected chi connectivity index (χ3v) is 6.14. The third-order valence-electron chi connectivity index (χ3n) is 4.96.